The lowest BCUT2D eigenvalue weighted by Gasteiger charge is -2.26. The average Bonchev–Trinajstić information content (AvgIpc) is 2.31. The number of rotatable bonds is 10. The molecule has 1 aliphatic rings. The van der Waals surface area contributed by atoms with Crippen molar-refractivity contribution in [1.29, 1.82) is 0 Å². The summed E-state index contributed by atoms with van der Waals surface area (Å²) in [6.45, 7) is 5.05. The third kappa shape index (κ3) is 5.87. The van der Waals surface area contributed by atoms with Crippen molar-refractivity contribution in [3.05, 3.63) is 0 Å². The molecule has 0 bridgehead atoms. The quantitative estimate of drug-likeness (QED) is 0.402. The van der Waals surface area contributed by atoms with Crippen molar-refractivity contribution in [2.24, 2.45) is 5.92 Å². The fourth-order valence-electron chi connectivity index (χ4n) is 2.30. The summed E-state index contributed by atoms with van der Waals surface area (Å²) >= 11 is 0. The first kappa shape index (κ1) is 15.5. The Labute approximate surface area is 111 Å². The van der Waals surface area contributed by atoms with Gasteiger partial charge in [0.1, 0.15) is 6.71 Å². The average molecular weight is 254 g/mol. The highest BCUT2D eigenvalue weighted by atomic mass is 16.3. The highest BCUT2D eigenvalue weighted by molar-refractivity contribution is 6.62. The zero-order chi connectivity index (χ0) is 13.2. The van der Waals surface area contributed by atoms with Crippen LogP contribution in [0.5, 0.6) is 0 Å². The summed E-state index contributed by atoms with van der Waals surface area (Å²) in [7, 11) is 0. The van der Waals surface area contributed by atoms with Gasteiger partial charge in [0.15, 0.2) is 0 Å². The minimum atomic E-state index is 0.0682. The van der Waals surface area contributed by atoms with Crippen LogP contribution in [0.2, 0.25) is 19.0 Å². The van der Waals surface area contributed by atoms with Gasteiger partial charge in [-0.05, 0) is 6.42 Å². The standard InChI is InChI=1S/C13H27BN2O2/c1-2-3-7-16-13(18)12(11-15-8-9-17)10-14-5-4-6-14/h12,15,17H,2-11H2,1H3,(H,16,18). The zero-order valence-electron chi connectivity index (χ0n) is 11.6. The molecule has 0 radical (unpaired) electrons. The molecular formula is C13H27BN2O2. The van der Waals surface area contributed by atoms with E-state index in [0.29, 0.717) is 13.1 Å². The second kappa shape index (κ2) is 9.39. The maximum atomic E-state index is 12.1. The molecule has 0 saturated carbocycles. The van der Waals surface area contributed by atoms with Crippen molar-refractivity contribution in [3.8, 4) is 0 Å². The molecule has 1 aliphatic heterocycles. The SMILES string of the molecule is CCCCNC(=O)C(CNCCO)CB1CCC1. The van der Waals surface area contributed by atoms with Crippen molar-refractivity contribution in [2.45, 2.75) is 45.1 Å². The summed E-state index contributed by atoms with van der Waals surface area (Å²) in [5.41, 5.74) is 0. The molecule has 0 aromatic rings. The van der Waals surface area contributed by atoms with Gasteiger partial charge in [-0.2, -0.15) is 0 Å². The Morgan fingerprint density at radius 1 is 1.39 bits per heavy atom. The highest BCUT2D eigenvalue weighted by Gasteiger charge is 2.28. The third-order valence-electron chi connectivity index (χ3n) is 3.72. The van der Waals surface area contributed by atoms with Gasteiger partial charge in [0.25, 0.3) is 0 Å². The molecule has 1 heterocycles. The molecule has 5 heteroatoms. The number of unbranched alkanes of at least 4 members (excludes halogenated alkanes) is 1. The van der Waals surface area contributed by atoms with Crippen molar-refractivity contribution in [2.75, 3.05) is 26.2 Å². The van der Waals surface area contributed by atoms with Gasteiger partial charge in [0.05, 0.1) is 6.61 Å². The molecule has 0 spiro atoms. The summed E-state index contributed by atoms with van der Waals surface area (Å²) in [6, 6.07) is 0. The van der Waals surface area contributed by atoms with Crippen LogP contribution in [0.1, 0.15) is 26.2 Å². The predicted molar refractivity (Wildman–Crippen MR) is 76.2 cm³/mol. The van der Waals surface area contributed by atoms with E-state index >= 15 is 0 Å². The molecule has 18 heavy (non-hydrogen) atoms. The fourth-order valence-corrected chi connectivity index (χ4v) is 2.30. The van der Waals surface area contributed by atoms with Crippen LogP contribution in [0.4, 0.5) is 0 Å². The molecule has 0 aliphatic carbocycles. The number of nitrogens with one attached hydrogen (secondary N) is 2. The Morgan fingerprint density at radius 2 is 2.17 bits per heavy atom. The molecule has 1 atom stereocenters. The van der Waals surface area contributed by atoms with Crippen molar-refractivity contribution in [1.82, 2.24) is 10.6 Å². The monoisotopic (exact) mass is 254 g/mol. The van der Waals surface area contributed by atoms with Crippen LogP contribution in [0, 0.1) is 5.92 Å². The zero-order valence-corrected chi connectivity index (χ0v) is 11.6. The van der Waals surface area contributed by atoms with Crippen molar-refractivity contribution < 1.29 is 9.90 Å². The number of carbonyl (C=O) groups excluding carboxylic acids is 1. The van der Waals surface area contributed by atoms with Crippen LogP contribution < -0.4 is 10.6 Å². The maximum Gasteiger partial charge on any atom is 0.223 e. The van der Waals surface area contributed by atoms with Crippen LogP contribution in [-0.4, -0.2) is 44.0 Å². The third-order valence-corrected chi connectivity index (χ3v) is 3.72. The fraction of sp³-hybridized carbons (Fsp3) is 0.923. The highest BCUT2D eigenvalue weighted by Crippen LogP contribution is 2.26. The smallest absolute Gasteiger partial charge is 0.223 e. The Hall–Kier alpha value is -0.545. The molecule has 1 rings (SSSR count). The van der Waals surface area contributed by atoms with Gasteiger partial charge in [-0.3, -0.25) is 4.79 Å². The second-order valence-electron chi connectivity index (χ2n) is 5.30. The molecule has 104 valence electrons. The summed E-state index contributed by atoms with van der Waals surface area (Å²) in [5, 5.41) is 14.9. The van der Waals surface area contributed by atoms with Gasteiger partial charge < -0.3 is 15.7 Å². The number of aliphatic hydroxyl groups is 1. The minimum Gasteiger partial charge on any atom is -0.395 e. The van der Waals surface area contributed by atoms with E-state index in [1.165, 1.54) is 19.1 Å². The normalized spacial score (nSPS) is 16.2. The molecule has 4 nitrogen and oxygen atoms in total. The first-order valence-electron chi connectivity index (χ1n) is 7.37. The van der Waals surface area contributed by atoms with E-state index in [1.54, 1.807) is 0 Å². The first-order chi connectivity index (χ1) is 8.77. The predicted octanol–water partition coefficient (Wildman–Crippen LogP) is 0.999. The van der Waals surface area contributed by atoms with Gasteiger partial charge in [-0.15, -0.1) is 0 Å². The van der Waals surface area contributed by atoms with Crippen LogP contribution in [0.15, 0.2) is 0 Å². The van der Waals surface area contributed by atoms with Crippen molar-refractivity contribution >= 4 is 12.6 Å². The lowest BCUT2D eigenvalue weighted by molar-refractivity contribution is -0.124. The summed E-state index contributed by atoms with van der Waals surface area (Å²) in [4.78, 5) is 12.1. The molecule has 1 amide bonds. The van der Waals surface area contributed by atoms with Crippen LogP contribution in [0.3, 0.4) is 0 Å². The van der Waals surface area contributed by atoms with Gasteiger partial charge in [-0.1, -0.05) is 38.7 Å². The minimum absolute atomic E-state index is 0.0682. The lowest BCUT2D eigenvalue weighted by Crippen LogP contribution is -2.41. The number of amides is 1. The molecule has 1 unspecified atom stereocenters. The number of aliphatic hydroxyl groups excluding tert-OH is 1. The van der Waals surface area contributed by atoms with E-state index in [4.69, 9.17) is 5.11 Å². The largest absolute Gasteiger partial charge is 0.395 e. The first-order valence-corrected chi connectivity index (χ1v) is 7.37. The molecule has 1 saturated heterocycles. The van der Waals surface area contributed by atoms with Gasteiger partial charge in [0.2, 0.25) is 5.91 Å². The van der Waals surface area contributed by atoms with Crippen LogP contribution >= 0.6 is 0 Å². The summed E-state index contributed by atoms with van der Waals surface area (Å²) in [5.74, 6) is 0.250. The molecule has 0 aromatic carbocycles. The number of hydrogen-bond acceptors (Lipinski definition) is 3. The van der Waals surface area contributed by atoms with E-state index in [1.807, 2.05) is 0 Å². The molecular weight excluding hydrogens is 227 g/mol. The molecule has 1 fully saturated rings. The van der Waals surface area contributed by atoms with Gasteiger partial charge in [-0.25, -0.2) is 0 Å². The Bertz CT molecular complexity index is 235. The second-order valence-corrected chi connectivity index (χ2v) is 5.30. The van der Waals surface area contributed by atoms with E-state index in [-0.39, 0.29) is 18.4 Å². The van der Waals surface area contributed by atoms with E-state index in [2.05, 4.69) is 17.6 Å². The van der Waals surface area contributed by atoms with E-state index in [0.717, 1.165) is 32.4 Å². The van der Waals surface area contributed by atoms with Crippen molar-refractivity contribution in [3.63, 3.8) is 0 Å². The summed E-state index contributed by atoms with van der Waals surface area (Å²) < 4.78 is 0. The van der Waals surface area contributed by atoms with E-state index < -0.39 is 0 Å². The number of hydrogen-bond donors (Lipinski definition) is 3. The van der Waals surface area contributed by atoms with Crippen LogP contribution in [-0.2, 0) is 4.79 Å². The maximum absolute atomic E-state index is 12.1. The Morgan fingerprint density at radius 3 is 2.72 bits per heavy atom. The number of carbonyl (C=O) groups is 1. The van der Waals surface area contributed by atoms with Gasteiger partial charge in [0, 0.05) is 25.6 Å². The summed E-state index contributed by atoms with van der Waals surface area (Å²) in [6.07, 6.45) is 7.02. The Balaban J connectivity index is 2.28. The van der Waals surface area contributed by atoms with E-state index in [9.17, 15) is 4.79 Å². The topological polar surface area (TPSA) is 61.4 Å². The van der Waals surface area contributed by atoms with Gasteiger partial charge >= 0.3 is 0 Å². The van der Waals surface area contributed by atoms with Crippen LogP contribution in [0.25, 0.3) is 0 Å². The lowest BCUT2D eigenvalue weighted by atomic mass is 9.32. The Kier molecular flexibility index (Phi) is 8.10. The molecule has 3 N–H and O–H groups in total. The molecule has 0 aromatic heterocycles.